The first-order valence-electron chi connectivity index (χ1n) is 5.84. The van der Waals surface area contributed by atoms with Gasteiger partial charge in [-0.05, 0) is 24.3 Å². The number of rotatable bonds is 5. The molecule has 1 aromatic carbocycles. The molecule has 0 bridgehead atoms. The molecular weight excluding hydrogens is 323 g/mol. The molecule has 0 radical (unpaired) electrons. The molecule has 2 aromatic rings. The van der Waals surface area contributed by atoms with Crippen LogP contribution in [0.2, 0.25) is 15.1 Å². The molecule has 0 saturated carbocycles. The highest BCUT2D eigenvalue weighted by Crippen LogP contribution is 2.33. The van der Waals surface area contributed by atoms with Crippen LogP contribution in [0.3, 0.4) is 0 Å². The fourth-order valence-corrected chi connectivity index (χ4v) is 2.54. The van der Waals surface area contributed by atoms with Gasteiger partial charge in [0.05, 0.1) is 22.0 Å². The van der Waals surface area contributed by atoms with E-state index in [9.17, 15) is 4.79 Å². The third-order valence-corrected chi connectivity index (χ3v) is 3.34. The van der Waals surface area contributed by atoms with E-state index in [1.54, 1.807) is 12.3 Å². The van der Waals surface area contributed by atoms with E-state index in [0.717, 1.165) is 5.76 Å². The summed E-state index contributed by atoms with van der Waals surface area (Å²) in [5, 5.41) is 5.51. The minimum atomic E-state index is -0.206. The number of hydrogen-bond donors (Lipinski definition) is 2. The maximum atomic E-state index is 11.8. The summed E-state index contributed by atoms with van der Waals surface area (Å²) in [4.78, 5) is 11.8. The number of nitrogens with one attached hydrogen (secondary N) is 1. The number of carbonyl (C=O) groups is 1. The predicted octanol–water partition coefficient (Wildman–Crippen LogP) is 2.94. The van der Waals surface area contributed by atoms with Gasteiger partial charge in [0, 0.05) is 5.02 Å². The largest absolute Gasteiger partial charge is 0.463 e. The van der Waals surface area contributed by atoms with Gasteiger partial charge in [-0.25, -0.2) is 0 Å². The SMILES string of the molecule is O=C(C[NH2+]Cc1ccco1)Nc1c(Cl)cc(Cl)cc1Cl. The third kappa shape index (κ3) is 4.15. The van der Waals surface area contributed by atoms with Crippen LogP contribution in [0.5, 0.6) is 0 Å². The zero-order chi connectivity index (χ0) is 14.5. The van der Waals surface area contributed by atoms with Gasteiger partial charge < -0.3 is 15.1 Å². The first kappa shape index (κ1) is 15.2. The first-order valence-corrected chi connectivity index (χ1v) is 6.98. The van der Waals surface area contributed by atoms with Crippen molar-refractivity contribution < 1.29 is 14.5 Å². The lowest BCUT2D eigenvalue weighted by Crippen LogP contribution is -2.84. The Bertz CT molecular complexity index is 577. The van der Waals surface area contributed by atoms with Gasteiger partial charge in [0.15, 0.2) is 12.3 Å². The summed E-state index contributed by atoms with van der Waals surface area (Å²) in [6, 6.07) is 6.70. The van der Waals surface area contributed by atoms with E-state index < -0.39 is 0 Å². The minimum Gasteiger partial charge on any atom is -0.463 e. The van der Waals surface area contributed by atoms with Crippen LogP contribution in [0.4, 0.5) is 5.69 Å². The lowest BCUT2D eigenvalue weighted by molar-refractivity contribution is -0.661. The van der Waals surface area contributed by atoms with E-state index in [2.05, 4.69) is 5.32 Å². The van der Waals surface area contributed by atoms with Crippen molar-refractivity contribution in [2.45, 2.75) is 6.54 Å². The Hall–Kier alpha value is -1.20. The molecule has 1 heterocycles. The molecule has 0 spiro atoms. The van der Waals surface area contributed by atoms with Crippen molar-refractivity contribution >= 4 is 46.4 Å². The lowest BCUT2D eigenvalue weighted by Gasteiger charge is -2.09. The van der Waals surface area contributed by atoms with Crippen molar-refractivity contribution in [1.82, 2.24) is 0 Å². The predicted molar refractivity (Wildman–Crippen MR) is 79.3 cm³/mol. The number of carbonyl (C=O) groups excluding carboxylic acids is 1. The molecule has 0 aliphatic carbocycles. The number of furan rings is 1. The smallest absolute Gasteiger partial charge is 0.279 e. The van der Waals surface area contributed by atoms with Crippen molar-refractivity contribution in [3.8, 4) is 0 Å². The van der Waals surface area contributed by atoms with Crippen LogP contribution < -0.4 is 10.6 Å². The van der Waals surface area contributed by atoms with Crippen molar-refractivity contribution in [3.05, 3.63) is 51.4 Å². The summed E-state index contributed by atoms with van der Waals surface area (Å²) in [7, 11) is 0. The fourth-order valence-electron chi connectivity index (χ4n) is 1.63. The maximum absolute atomic E-state index is 11.8. The van der Waals surface area contributed by atoms with E-state index in [1.165, 1.54) is 12.1 Å². The Morgan fingerprint density at radius 2 is 1.95 bits per heavy atom. The Balaban J connectivity index is 1.88. The van der Waals surface area contributed by atoms with Crippen LogP contribution in [-0.2, 0) is 11.3 Å². The Labute approximate surface area is 131 Å². The molecule has 7 heteroatoms. The minimum absolute atomic E-state index is 0.206. The second-order valence-corrected chi connectivity index (χ2v) is 5.32. The topological polar surface area (TPSA) is 58.9 Å². The van der Waals surface area contributed by atoms with Gasteiger partial charge in [-0.2, -0.15) is 0 Å². The fraction of sp³-hybridized carbons (Fsp3) is 0.154. The summed E-state index contributed by atoms with van der Waals surface area (Å²) < 4.78 is 5.17. The number of quaternary nitrogens is 1. The molecule has 0 aliphatic rings. The van der Waals surface area contributed by atoms with E-state index in [1.807, 2.05) is 11.4 Å². The van der Waals surface area contributed by atoms with Crippen LogP contribution in [-0.4, -0.2) is 12.5 Å². The normalized spacial score (nSPS) is 10.6. The molecule has 0 saturated heterocycles. The average molecular weight is 335 g/mol. The summed E-state index contributed by atoms with van der Waals surface area (Å²) in [6.07, 6.45) is 1.59. The summed E-state index contributed by atoms with van der Waals surface area (Å²) in [6.45, 7) is 0.818. The van der Waals surface area contributed by atoms with Crippen molar-refractivity contribution in [2.75, 3.05) is 11.9 Å². The number of nitrogens with two attached hydrogens (primary N) is 1. The number of hydrogen-bond acceptors (Lipinski definition) is 2. The molecule has 4 nitrogen and oxygen atoms in total. The first-order chi connectivity index (χ1) is 9.56. The molecule has 0 aliphatic heterocycles. The van der Waals surface area contributed by atoms with E-state index >= 15 is 0 Å². The summed E-state index contributed by atoms with van der Waals surface area (Å²) >= 11 is 17.8. The van der Waals surface area contributed by atoms with Gasteiger partial charge in [-0.3, -0.25) is 4.79 Å². The quantitative estimate of drug-likeness (QED) is 0.883. The molecule has 106 valence electrons. The van der Waals surface area contributed by atoms with Crippen molar-refractivity contribution in [3.63, 3.8) is 0 Å². The van der Waals surface area contributed by atoms with Crippen molar-refractivity contribution in [2.24, 2.45) is 0 Å². The van der Waals surface area contributed by atoms with E-state index in [0.29, 0.717) is 27.3 Å². The lowest BCUT2D eigenvalue weighted by atomic mass is 10.3. The van der Waals surface area contributed by atoms with E-state index in [-0.39, 0.29) is 12.5 Å². The third-order valence-electron chi connectivity index (χ3n) is 2.53. The van der Waals surface area contributed by atoms with Gasteiger partial charge >= 0.3 is 0 Å². The summed E-state index contributed by atoms with van der Waals surface area (Å²) in [5.41, 5.74) is 0.370. The van der Waals surface area contributed by atoms with Gasteiger partial charge in [0.25, 0.3) is 5.91 Å². The Morgan fingerprint density at radius 3 is 2.55 bits per heavy atom. The van der Waals surface area contributed by atoms with Crippen molar-refractivity contribution in [1.29, 1.82) is 0 Å². The average Bonchev–Trinajstić information content (AvgIpc) is 2.87. The molecule has 0 atom stereocenters. The molecule has 20 heavy (non-hydrogen) atoms. The molecule has 1 aromatic heterocycles. The number of anilines is 1. The molecule has 0 unspecified atom stereocenters. The van der Waals surface area contributed by atoms with Crippen LogP contribution in [0.1, 0.15) is 5.76 Å². The van der Waals surface area contributed by atoms with Crippen LogP contribution in [0.25, 0.3) is 0 Å². The molecule has 3 N–H and O–H groups in total. The van der Waals surface area contributed by atoms with E-state index in [4.69, 9.17) is 39.2 Å². The monoisotopic (exact) mass is 333 g/mol. The second-order valence-electron chi connectivity index (χ2n) is 4.07. The Morgan fingerprint density at radius 1 is 1.25 bits per heavy atom. The van der Waals surface area contributed by atoms with Crippen LogP contribution in [0, 0.1) is 0 Å². The number of amides is 1. The number of halogens is 3. The van der Waals surface area contributed by atoms with Gasteiger partial charge in [-0.15, -0.1) is 0 Å². The molecule has 2 rings (SSSR count). The van der Waals surface area contributed by atoms with Crippen LogP contribution >= 0.6 is 34.8 Å². The number of benzene rings is 1. The zero-order valence-electron chi connectivity index (χ0n) is 10.3. The Kier molecular flexibility index (Phi) is 5.31. The highest BCUT2D eigenvalue weighted by atomic mass is 35.5. The van der Waals surface area contributed by atoms with Gasteiger partial charge in [0.2, 0.25) is 0 Å². The highest BCUT2D eigenvalue weighted by Gasteiger charge is 2.12. The van der Waals surface area contributed by atoms with Gasteiger partial charge in [0.1, 0.15) is 6.54 Å². The summed E-state index contributed by atoms with van der Waals surface area (Å²) in [5.74, 6) is 0.600. The van der Waals surface area contributed by atoms with Crippen LogP contribution in [0.15, 0.2) is 34.9 Å². The highest BCUT2D eigenvalue weighted by molar-refractivity contribution is 6.42. The van der Waals surface area contributed by atoms with Gasteiger partial charge in [-0.1, -0.05) is 34.8 Å². The standard InChI is InChI=1S/C13H11Cl3N2O2/c14-8-4-10(15)13(11(16)5-8)18-12(19)7-17-6-9-2-1-3-20-9/h1-5,17H,6-7H2,(H,18,19)/p+1. The molecule has 1 amide bonds. The second kappa shape index (κ2) is 6.99. The molecular formula is C13H12Cl3N2O2+. The zero-order valence-corrected chi connectivity index (χ0v) is 12.6. The maximum Gasteiger partial charge on any atom is 0.279 e. The molecule has 0 fully saturated rings.